The van der Waals surface area contributed by atoms with Gasteiger partial charge in [-0.25, -0.2) is 4.99 Å². The zero-order chi connectivity index (χ0) is 27.8. The van der Waals surface area contributed by atoms with Gasteiger partial charge in [-0.15, -0.1) is 0 Å². The molecule has 0 radical (unpaired) electrons. The molecule has 0 aliphatic rings. The van der Waals surface area contributed by atoms with Crippen molar-refractivity contribution in [2.45, 2.75) is 0 Å². The highest BCUT2D eigenvalue weighted by Crippen LogP contribution is 2.30. The van der Waals surface area contributed by atoms with E-state index in [1.165, 1.54) is 0 Å². The summed E-state index contributed by atoms with van der Waals surface area (Å²) in [6.45, 7) is 0.548. The van der Waals surface area contributed by atoms with Crippen LogP contribution in [-0.2, 0) is 0 Å². The van der Waals surface area contributed by atoms with Crippen LogP contribution in [0.1, 0.15) is 26.3 Å². The molecule has 0 fully saturated rings. The summed E-state index contributed by atoms with van der Waals surface area (Å²) < 4.78 is 0. The maximum Gasteiger partial charge on any atom is 0.251 e. The maximum absolute atomic E-state index is 12.6. The lowest BCUT2D eigenvalue weighted by Crippen LogP contribution is -2.34. The highest BCUT2D eigenvalue weighted by Gasteiger charge is 2.10. The molecule has 4 aromatic rings. The van der Waals surface area contributed by atoms with Crippen LogP contribution in [0.15, 0.2) is 102 Å². The maximum atomic E-state index is 12.6. The summed E-state index contributed by atoms with van der Waals surface area (Å²) in [5.41, 5.74) is 22.4. The van der Waals surface area contributed by atoms with Gasteiger partial charge in [0.05, 0.1) is 5.69 Å². The van der Waals surface area contributed by atoms with Crippen molar-refractivity contribution in [3.05, 3.63) is 114 Å². The van der Waals surface area contributed by atoms with E-state index in [4.69, 9.17) is 22.6 Å². The fourth-order valence-corrected chi connectivity index (χ4v) is 3.99. The lowest BCUT2D eigenvalue weighted by atomic mass is 10.0. The van der Waals surface area contributed by atoms with E-state index < -0.39 is 0 Å². The molecule has 0 aliphatic carbocycles. The first-order valence-corrected chi connectivity index (χ1v) is 12.2. The minimum Gasteiger partial charge on any atom is -0.384 e. The summed E-state index contributed by atoms with van der Waals surface area (Å²) in [5.74, 6) is -0.510. The number of carbonyl (C=O) groups excluding carboxylic acids is 2. The second-order valence-corrected chi connectivity index (χ2v) is 8.71. The van der Waals surface area contributed by atoms with Crippen LogP contribution in [0.3, 0.4) is 0 Å². The zero-order valence-corrected chi connectivity index (χ0v) is 21.1. The number of hydrogen-bond acceptors (Lipinski definition) is 4. The number of nitrogens with two attached hydrogens (primary N) is 3. The van der Waals surface area contributed by atoms with Crippen molar-refractivity contribution < 1.29 is 9.59 Å². The predicted octanol–water partition coefficient (Wildman–Crippen LogP) is 3.37. The number of nitrogens with zero attached hydrogens (tertiary/aromatic N) is 1. The van der Waals surface area contributed by atoms with Gasteiger partial charge >= 0.3 is 0 Å². The van der Waals surface area contributed by atoms with Gasteiger partial charge in [0, 0.05) is 35.3 Å². The van der Waals surface area contributed by atoms with Crippen molar-refractivity contribution in [1.82, 2.24) is 10.6 Å². The summed E-state index contributed by atoms with van der Waals surface area (Å²) in [7, 11) is 0. The molecule has 0 aliphatic heterocycles. The first-order valence-electron chi connectivity index (χ1n) is 12.2. The van der Waals surface area contributed by atoms with Gasteiger partial charge in [-0.2, -0.15) is 0 Å². The number of rotatable bonds is 9. The van der Waals surface area contributed by atoms with Gasteiger partial charge in [-0.3, -0.25) is 15.0 Å². The Labute approximate surface area is 226 Å². The summed E-state index contributed by atoms with van der Waals surface area (Å²) in [4.78, 5) is 29.2. The Bertz CT molecular complexity index is 1520. The van der Waals surface area contributed by atoms with Crippen LogP contribution < -0.4 is 27.8 Å². The van der Waals surface area contributed by atoms with Gasteiger partial charge in [0.1, 0.15) is 5.84 Å². The normalized spacial score (nSPS) is 10.4. The van der Waals surface area contributed by atoms with E-state index in [1.807, 2.05) is 66.7 Å². The second kappa shape index (κ2) is 12.2. The number of hydrogen-bond donors (Lipinski definition) is 6. The first kappa shape index (κ1) is 26.6. The molecule has 0 saturated heterocycles. The predicted molar refractivity (Wildman–Crippen MR) is 155 cm³/mol. The van der Waals surface area contributed by atoms with Crippen LogP contribution in [0.2, 0.25) is 0 Å². The monoisotopic (exact) mass is 519 g/mol. The molecule has 0 saturated carbocycles. The van der Waals surface area contributed by atoms with Crippen molar-refractivity contribution in [3.63, 3.8) is 0 Å². The highest BCUT2D eigenvalue weighted by atomic mass is 16.2. The summed E-state index contributed by atoms with van der Waals surface area (Å²) >= 11 is 0. The highest BCUT2D eigenvalue weighted by molar-refractivity contribution is 5.97. The molecular weight excluding hydrogens is 490 g/mol. The molecular formula is C30H29N7O2. The van der Waals surface area contributed by atoms with Crippen LogP contribution in [0.25, 0.3) is 22.3 Å². The van der Waals surface area contributed by atoms with Crippen molar-refractivity contribution in [1.29, 1.82) is 5.41 Å². The molecule has 9 heteroatoms. The molecule has 4 rings (SSSR count). The number of aliphatic imine (C=N–C) groups is 1. The average Bonchev–Trinajstić information content (AvgIpc) is 2.95. The number of carbonyl (C=O) groups is 2. The Morgan fingerprint density at radius 1 is 0.641 bits per heavy atom. The quantitative estimate of drug-likeness (QED) is 0.113. The molecule has 0 atom stereocenters. The Morgan fingerprint density at radius 3 is 1.77 bits per heavy atom. The lowest BCUT2D eigenvalue weighted by molar-refractivity contribution is 0.0927. The fraction of sp³-hybridized carbons (Fsp3) is 0.0667. The summed E-state index contributed by atoms with van der Waals surface area (Å²) in [5, 5.41) is 13.2. The molecule has 2 amide bonds. The van der Waals surface area contributed by atoms with Gasteiger partial charge in [0.15, 0.2) is 5.96 Å². The van der Waals surface area contributed by atoms with Gasteiger partial charge in [-0.05, 0) is 53.1 Å². The van der Waals surface area contributed by atoms with E-state index in [0.717, 1.165) is 22.3 Å². The Balaban J connectivity index is 1.28. The Kier molecular flexibility index (Phi) is 8.33. The molecule has 9 nitrogen and oxygen atoms in total. The van der Waals surface area contributed by atoms with Crippen molar-refractivity contribution in [2.75, 3.05) is 13.1 Å². The molecule has 196 valence electrons. The second-order valence-electron chi connectivity index (χ2n) is 8.71. The first-order chi connectivity index (χ1) is 18.8. The van der Waals surface area contributed by atoms with E-state index >= 15 is 0 Å². The summed E-state index contributed by atoms with van der Waals surface area (Å²) in [6, 6.07) is 29.1. The standard InChI is InChI=1S/C30H29N7O2/c31-27(32)24-5-3-4-23(18-24)19-8-12-21(13-9-19)28(38)35-16-17-36-29(39)22-14-10-20(11-15-22)25-6-1-2-7-26(25)37-30(33)34/h1-15,18H,16-17H2,(H3,31,32)(H,35,38)(H,36,39)(H4,33,34,37). The number of para-hydroxylation sites is 1. The number of benzene rings is 4. The van der Waals surface area contributed by atoms with E-state index in [1.54, 1.807) is 30.3 Å². The largest absolute Gasteiger partial charge is 0.384 e. The number of amides is 2. The van der Waals surface area contributed by atoms with E-state index in [9.17, 15) is 9.59 Å². The Morgan fingerprint density at radius 2 is 1.21 bits per heavy atom. The zero-order valence-electron chi connectivity index (χ0n) is 21.1. The topological polar surface area (TPSA) is 172 Å². The third kappa shape index (κ3) is 6.86. The van der Waals surface area contributed by atoms with E-state index in [-0.39, 0.29) is 36.7 Å². The van der Waals surface area contributed by atoms with E-state index in [0.29, 0.717) is 22.4 Å². The van der Waals surface area contributed by atoms with Crippen LogP contribution in [-0.4, -0.2) is 36.7 Å². The van der Waals surface area contributed by atoms with E-state index in [2.05, 4.69) is 15.6 Å². The number of amidine groups is 1. The molecule has 9 N–H and O–H groups in total. The molecule has 0 bridgehead atoms. The van der Waals surface area contributed by atoms with Crippen molar-refractivity contribution >= 4 is 29.3 Å². The SMILES string of the molecule is N=C(N)c1cccc(-c2ccc(C(=O)NCCNC(=O)c3ccc(-c4ccccc4N=C(N)N)cc3)cc2)c1. The van der Waals surface area contributed by atoms with Gasteiger partial charge in [-0.1, -0.05) is 60.7 Å². The van der Waals surface area contributed by atoms with Gasteiger partial charge in [0.25, 0.3) is 11.8 Å². The van der Waals surface area contributed by atoms with Gasteiger partial charge < -0.3 is 27.8 Å². The van der Waals surface area contributed by atoms with Crippen LogP contribution >= 0.6 is 0 Å². The third-order valence-electron chi connectivity index (χ3n) is 5.96. The fourth-order valence-electron chi connectivity index (χ4n) is 3.99. The third-order valence-corrected chi connectivity index (χ3v) is 5.96. The summed E-state index contributed by atoms with van der Waals surface area (Å²) in [6.07, 6.45) is 0. The number of nitrogen functional groups attached to an aromatic ring is 1. The van der Waals surface area contributed by atoms with Crippen molar-refractivity contribution in [2.24, 2.45) is 22.2 Å². The Hall–Kier alpha value is -5.44. The van der Waals surface area contributed by atoms with Crippen molar-refractivity contribution in [3.8, 4) is 22.3 Å². The van der Waals surface area contributed by atoms with Crippen LogP contribution in [0.5, 0.6) is 0 Å². The number of nitrogens with one attached hydrogen (secondary N) is 3. The van der Waals surface area contributed by atoms with Gasteiger partial charge in [0.2, 0.25) is 0 Å². The average molecular weight is 520 g/mol. The lowest BCUT2D eigenvalue weighted by Gasteiger charge is -2.10. The van der Waals surface area contributed by atoms with Crippen LogP contribution in [0, 0.1) is 5.41 Å². The van der Waals surface area contributed by atoms with Crippen LogP contribution in [0.4, 0.5) is 5.69 Å². The smallest absolute Gasteiger partial charge is 0.251 e. The molecule has 4 aromatic carbocycles. The number of guanidine groups is 1. The molecule has 0 aromatic heterocycles. The molecule has 0 heterocycles. The molecule has 39 heavy (non-hydrogen) atoms. The minimum atomic E-state index is -0.245. The minimum absolute atomic E-state index is 0.00208. The molecule has 0 unspecified atom stereocenters. The molecule has 0 spiro atoms.